The molecule has 0 radical (unpaired) electrons. The zero-order valence-electron chi connectivity index (χ0n) is 34.1. The maximum absolute atomic E-state index is 11.3. The third kappa shape index (κ3) is 8.57. The van der Waals surface area contributed by atoms with Gasteiger partial charge >= 0.3 is 0 Å². The van der Waals surface area contributed by atoms with Crippen LogP contribution in [0.1, 0.15) is 61.8 Å². The molecule has 18 nitrogen and oxygen atoms in total. The standard InChI is InChI=1S/C39H66O18/c1-9-21-30(15(3)18(6)36(49-21)55-32-14(2)17(5)35-47-13-24(32)52-35)54-37-19(7)16(4)31(22(10-40)50-37)56-38-28(44)26(42)33(23(11-41)51-38)57-39-29(45)27(43)34-25(53-39)12-46-20(8)48-34/h14-45H,9-13H2,1-8H3/t14?,15?,16?,17-,18-,19-,20?,21?,22?,23-,24-,25-,26?,27?,28?,29?,30-,31-,32-,33+,34+,35+,36-,37-,38-,39+/m0/s1. The number of hydrogen-bond donors (Lipinski definition) is 6. The third-order valence-corrected chi connectivity index (χ3v) is 13.8. The molecule has 0 aliphatic carbocycles. The maximum atomic E-state index is 11.3. The third-order valence-electron chi connectivity index (χ3n) is 13.8. The van der Waals surface area contributed by atoms with Crippen molar-refractivity contribution in [3.63, 3.8) is 0 Å². The molecule has 0 aromatic carbocycles. The summed E-state index contributed by atoms with van der Waals surface area (Å²) in [6, 6.07) is 0. The molecule has 0 spiro atoms. The number of ether oxygens (including phenoxy) is 12. The minimum absolute atomic E-state index is 0.0156. The van der Waals surface area contributed by atoms with Gasteiger partial charge in [-0.1, -0.05) is 48.5 Å². The zero-order chi connectivity index (χ0) is 41.0. The molecule has 0 amide bonds. The highest BCUT2D eigenvalue weighted by Crippen LogP contribution is 2.44. The number of rotatable bonds is 11. The lowest BCUT2D eigenvalue weighted by Crippen LogP contribution is -2.66. The highest BCUT2D eigenvalue weighted by molar-refractivity contribution is 4.98. The summed E-state index contributed by atoms with van der Waals surface area (Å²) in [5.74, 6) is -0.168. The Labute approximate surface area is 334 Å². The second-order valence-electron chi connectivity index (χ2n) is 17.3. The Morgan fingerprint density at radius 1 is 0.456 bits per heavy atom. The van der Waals surface area contributed by atoms with Crippen molar-refractivity contribution in [2.24, 2.45) is 35.5 Å². The van der Waals surface area contributed by atoms with Crippen LogP contribution < -0.4 is 0 Å². The van der Waals surface area contributed by atoms with Gasteiger partial charge in [-0.25, -0.2) is 0 Å². The van der Waals surface area contributed by atoms with Crippen molar-refractivity contribution >= 4 is 0 Å². The summed E-state index contributed by atoms with van der Waals surface area (Å²) in [4.78, 5) is 0. The summed E-state index contributed by atoms with van der Waals surface area (Å²) in [7, 11) is 0. The van der Waals surface area contributed by atoms with Crippen LogP contribution in [0, 0.1) is 35.5 Å². The lowest BCUT2D eigenvalue weighted by Gasteiger charge is -2.51. The molecule has 2 bridgehead atoms. The zero-order valence-corrected chi connectivity index (χ0v) is 34.1. The molecule has 7 heterocycles. The average Bonchev–Trinajstić information content (AvgIpc) is 3.66. The molecular weight excluding hydrogens is 756 g/mol. The fraction of sp³-hybridized carbons (Fsp3) is 1.00. The summed E-state index contributed by atoms with van der Waals surface area (Å²) in [6.07, 6.45) is -17.6. The monoisotopic (exact) mass is 822 g/mol. The van der Waals surface area contributed by atoms with E-state index >= 15 is 0 Å². The molecule has 7 rings (SSSR count). The molecule has 57 heavy (non-hydrogen) atoms. The van der Waals surface area contributed by atoms with E-state index in [1.807, 2.05) is 20.8 Å². The lowest BCUT2D eigenvalue weighted by molar-refractivity contribution is -0.391. The van der Waals surface area contributed by atoms with Crippen LogP contribution in [0.15, 0.2) is 0 Å². The topological polar surface area (TPSA) is 232 Å². The average molecular weight is 823 g/mol. The van der Waals surface area contributed by atoms with Crippen LogP contribution in [0.25, 0.3) is 0 Å². The van der Waals surface area contributed by atoms with E-state index < -0.39 is 106 Å². The van der Waals surface area contributed by atoms with E-state index in [9.17, 15) is 30.6 Å². The van der Waals surface area contributed by atoms with Crippen molar-refractivity contribution in [1.82, 2.24) is 0 Å². The molecule has 26 atom stereocenters. The largest absolute Gasteiger partial charge is 0.394 e. The van der Waals surface area contributed by atoms with E-state index in [0.717, 1.165) is 0 Å². The van der Waals surface area contributed by atoms with Gasteiger partial charge < -0.3 is 87.5 Å². The molecule has 7 fully saturated rings. The van der Waals surface area contributed by atoms with Gasteiger partial charge in [0.1, 0.15) is 61.0 Å². The Balaban J connectivity index is 0.968. The smallest absolute Gasteiger partial charge is 0.187 e. The van der Waals surface area contributed by atoms with Gasteiger partial charge in [0.2, 0.25) is 0 Å². The lowest BCUT2D eigenvalue weighted by atomic mass is 9.81. The van der Waals surface area contributed by atoms with Crippen molar-refractivity contribution < 1.29 is 87.5 Å². The van der Waals surface area contributed by atoms with E-state index in [-0.39, 0.29) is 72.8 Å². The molecule has 330 valence electrons. The van der Waals surface area contributed by atoms with Gasteiger partial charge in [0, 0.05) is 17.8 Å². The Hall–Kier alpha value is -0.720. The number of fused-ring (bicyclic) bond motifs is 3. The number of aliphatic hydroxyl groups is 6. The quantitative estimate of drug-likeness (QED) is 0.156. The van der Waals surface area contributed by atoms with Crippen molar-refractivity contribution in [2.45, 2.75) is 185 Å². The first-order valence-electron chi connectivity index (χ1n) is 20.9. The maximum Gasteiger partial charge on any atom is 0.187 e. The first kappa shape index (κ1) is 44.3. The predicted molar refractivity (Wildman–Crippen MR) is 193 cm³/mol. The molecule has 10 unspecified atom stereocenters. The van der Waals surface area contributed by atoms with Crippen LogP contribution in [0.5, 0.6) is 0 Å². The normalized spacial score (nSPS) is 55.7. The van der Waals surface area contributed by atoms with Crippen LogP contribution in [0.3, 0.4) is 0 Å². The van der Waals surface area contributed by atoms with Crippen LogP contribution >= 0.6 is 0 Å². The molecule has 7 saturated heterocycles. The van der Waals surface area contributed by atoms with E-state index in [1.165, 1.54) is 0 Å². The molecule has 7 aliphatic heterocycles. The van der Waals surface area contributed by atoms with E-state index in [4.69, 9.17) is 56.8 Å². The first-order valence-corrected chi connectivity index (χ1v) is 20.9. The first-order chi connectivity index (χ1) is 27.2. The van der Waals surface area contributed by atoms with Crippen molar-refractivity contribution in [3.8, 4) is 0 Å². The Kier molecular flexibility index (Phi) is 14.3. The molecule has 18 heteroatoms. The molecule has 0 saturated carbocycles. The van der Waals surface area contributed by atoms with Gasteiger partial charge in [-0.3, -0.25) is 0 Å². The number of aliphatic hydroxyl groups excluding tert-OH is 6. The van der Waals surface area contributed by atoms with Crippen LogP contribution in [0.4, 0.5) is 0 Å². The van der Waals surface area contributed by atoms with Gasteiger partial charge in [0.05, 0.1) is 50.8 Å². The fourth-order valence-corrected chi connectivity index (χ4v) is 9.48. The van der Waals surface area contributed by atoms with Crippen molar-refractivity contribution in [3.05, 3.63) is 0 Å². The summed E-state index contributed by atoms with van der Waals surface area (Å²) >= 11 is 0. The highest BCUT2D eigenvalue weighted by Gasteiger charge is 2.55. The van der Waals surface area contributed by atoms with Gasteiger partial charge in [0.25, 0.3) is 0 Å². The molecule has 0 aromatic heterocycles. The molecular formula is C39H66O18. The van der Waals surface area contributed by atoms with Gasteiger partial charge in [-0.05, 0) is 31.1 Å². The minimum Gasteiger partial charge on any atom is -0.394 e. The van der Waals surface area contributed by atoms with Crippen molar-refractivity contribution in [1.29, 1.82) is 0 Å². The van der Waals surface area contributed by atoms with Crippen LogP contribution in [-0.2, 0) is 56.8 Å². The van der Waals surface area contributed by atoms with Gasteiger partial charge in [-0.15, -0.1) is 0 Å². The van der Waals surface area contributed by atoms with E-state index in [1.54, 1.807) is 6.92 Å². The summed E-state index contributed by atoms with van der Waals surface area (Å²) < 4.78 is 73.4. The van der Waals surface area contributed by atoms with E-state index in [2.05, 4.69) is 27.7 Å². The highest BCUT2D eigenvalue weighted by atomic mass is 16.8. The van der Waals surface area contributed by atoms with E-state index in [0.29, 0.717) is 13.0 Å². The summed E-state index contributed by atoms with van der Waals surface area (Å²) in [6.45, 7) is 15.6. The Morgan fingerprint density at radius 2 is 0.947 bits per heavy atom. The molecule has 6 N–H and O–H groups in total. The summed E-state index contributed by atoms with van der Waals surface area (Å²) in [5, 5.41) is 65.0. The van der Waals surface area contributed by atoms with Crippen LogP contribution in [0.2, 0.25) is 0 Å². The SMILES string of the molecule is CCC1O[C@@H](O[C@H]2C(C)[C@H](C)[C@@H]3OC[C@@H]2O3)[C@@H](C)C(C)[C@@H]1O[C@@H]1OC(CO)[C@@H](O[C@@H]2O[C@@H](CO)[C@@H](O[C@H]3O[C@H]4COC(C)O[C@H]4C(O)C3O)C(O)C2O)C(C)[C@@H]1C. The summed E-state index contributed by atoms with van der Waals surface area (Å²) in [5.41, 5.74) is 0. The molecule has 7 aliphatic rings. The van der Waals surface area contributed by atoms with Gasteiger partial charge in [0.15, 0.2) is 37.7 Å². The van der Waals surface area contributed by atoms with Gasteiger partial charge in [-0.2, -0.15) is 0 Å². The Morgan fingerprint density at radius 3 is 1.60 bits per heavy atom. The van der Waals surface area contributed by atoms with Crippen molar-refractivity contribution in [2.75, 3.05) is 26.4 Å². The minimum atomic E-state index is -1.69. The Bertz CT molecular complexity index is 1290. The van der Waals surface area contributed by atoms with Crippen LogP contribution in [-0.4, -0.2) is 180 Å². The fourth-order valence-electron chi connectivity index (χ4n) is 9.48. The second kappa shape index (κ2) is 18.3. The second-order valence-corrected chi connectivity index (χ2v) is 17.3. The predicted octanol–water partition coefficient (Wildman–Crippen LogP) is -0.402. The number of hydrogen-bond acceptors (Lipinski definition) is 18. The molecule has 0 aromatic rings.